The Labute approximate surface area is 106 Å². The van der Waals surface area contributed by atoms with E-state index in [0.29, 0.717) is 5.56 Å². The summed E-state index contributed by atoms with van der Waals surface area (Å²) < 4.78 is 47.8. The Morgan fingerprint density at radius 3 is 2.18 bits per heavy atom. The van der Waals surface area contributed by atoms with Gasteiger partial charge < -0.3 is 9.47 Å². The molecule has 1 unspecified atom stereocenters. The number of methoxy groups -OCH3 is 1. The first-order valence-electron chi connectivity index (χ1n) is 4.81. The maximum atomic E-state index is 12.8. The number of benzene rings is 1. The van der Waals surface area contributed by atoms with Crippen molar-refractivity contribution >= 4 is 15.9 Å². The lowest BCUT2D eigenvalue weighted by Crippen LogP contribution is -2.50. The van der Waals surface area contributed by atoms with Gasteiger partial charge >= 0.3 is 6.18 Å². The molecule has 17 heavy (non-hydrogen) atoms. The van der Waals surface area contributed by atoms with Crippen molar-refractivity contribution in [3.05, 3.63) is 35.9 Å². The molecule has 1 atom stereocenters. The summed E-state index contributed by atoms with van der Waals surface area (Å²) in [7, 11) is 0.972. The molecule has 0 aliphatic heterocycles. The van der Waals surface area contributed by atoms with Crippen molar-refractivity contribution in [2.45, 2.75) is 18.6 Å². The zero-order chi connectivity index (χ0) is 12.9. The summed E-state index contributed by atoms with van der Waals surface area (Å²) in [4.78, 5) is 0. The van der Waals surface area contributed by atoms with Gasteiger partial charge in [0.05, 0.1) is 11.9 Å². The average molecular weight is 313 g/mol. The van der Waals surface area contributed by atoms with Gasteiger partial charge in [-0.1, -0.05) is 46.3 Å². The van der Waals surface area contributed by atoms with Crippen LogP contribution in [-0.2, 0) is 16.1 Å². The second-order valence-electron chi connectivity index (χ2n) is 3.36. The van der Waals surface area contributed by atoms with Gasteiger partial charge in [0.15, 0.2) is 0 Å². The molecule has 0 amide bonds. The number of rotatable bonds is 5. The predicted octanol–water partition coefficient (Wildman–Crippen LogP) is 3.50. The van der Waals surface area contributed by atoms with Crippen LogP contribution >= 0.6 is 15.9 Å². The molecule has 0 heterocycles. The van der Waals surface area contributed by atoms with Gasteiger partial charge in [0.1, 0.15) is 0 Å². The second-order valence-corrected chi connectivity index (χ2v) is 3.92. The third kappa shape index (κ3) is 3.43. The van der Waals surface area contributed by atoms with Gasteiger partial charge in [-0.05, 0) is 5.56 Å². The van der Waals surface area contributed by atoms with Crippen LogP contribution in [0.25, 0.3) is 0 Å². The van der Waals surface area contributed by atoms with Crippen LogP contribution in [0.15, 0.2) is 30.3 Å². The van der Waals surface area contributed by atoms with Gasteiger partial charge in [-0.3, -0.25) is 0 Å². The Morgan fingerprint density at radius 1 is 1.18 bits per heavy atom. The maximum Gasteiger partial charge on any atom is 0.444 e. The number of halogens is 4. The fourth-order valence-electron chi connectivity index (χ4n) is 1.20. The molecule has 0 radical (unpaired) electrons. The van der Waals surface area contributed by atoms with Gasteiger partial charge in [-0.15, -0.1) is 0 Å². The Bertz CT molecular complexity index is 336. The van der Waals surface area contributed by atoms with Crippen molar-refractivity contribution in [2.75, 3.05) is 12.4 Å². The monoisotopic (exact) mass is 312 g/mol. The normalized spacial score (nSPS) is 15.6. The SMILES string of the molecule is COC(CBr)(OCc1ccccc1)C(F)(F)F. The fraction of sp³-hybridized carbons (Fsp3) is 0.455. The number of hydrogen-bond acceptors (Lipinski definition) is 2. The van der Waals surface area contributed by atoms with Crippen LogP contribution in [-0.4, -0.2) is 24.4 Å². The topological polar surface area (TPSA) is 18.5 Å². The largest absolute Gasteiger partial charge is 0.444 e. The van der Waals surface area contributed by atoms with Gasteiger partial charge in [-0.2, -0.15) is 13.2 Å². The highest BCUT2D eigenvalue weighted by atomic mass is 79.9. The van der Waals surface area contributed by atoms with Crippen molar-refractivity contribution in [2.24, 2.45) is 0 Å². The highest BCUT2D eigenvalue weighted by Gasteiger charge is 2.56. The van der Waals surface area contributed by atoms with Gasteiger partial charge in [0.2, 0.25) is 0 Å². The molecule has 96 valence electrons. The maximum absolute atomic E-state index is 12.8. The lowest BCUT2D eigenvalue weighted by atomic mass is 10.2. The summed E-state index contributed by atoms with van der Waals surface area (Å²) in [5, 5.41) is -0.479. The standard InChI is InChI=1S/C11H12BrF3O2/c1-16-10(8-12,11(13,14)15)17-7-9-5-3-2-4-6-9/h2-6H,7-8H2,1H3. The first kappa shape index (κ1) is 14.5. The molecule has 1 rings (SSSR count). The van der Waals surface area contributed by atoms with Crippen LogP contribution in [0.2, 0.25) is 0 Å². The Hall–Kier alpha value is -0.590. The van der Waals surface area contributed by atoms with Crippen molar-refractivity contribution in [1.29, 1.82) is 0 Å². The van der Waals surface area contributed by atoms with Crippen LogP contribution in [0.5, 0.6) is 0 Å². The molecule has 1 aromatic carbocycles. The first-order valence-corrected chi connectivity index (χ1v) is 5.93. The summed E-state index contributed by atoms with van der Waals surface area (Å²) in [6.07, 6.45) is -4.60. The molecule has 1 aromatic rings. The number of ether oxygens (including phenoxy) is 2. The van der Waals surface area contributed by atoms with Crippen molar-refractivity contribution < 1.29 is 22.6 Å². The minimum atomic E-state index is -4.60. The van der Waals surface area contributed by atoms with Gasteiger partial charge in [-0.25, -0.2) is 0 Å². The number of alkyl halides is 4. The molecule has 6 heteroatoms. The third-order valence-corrected chi connectivity index (χ3v) is 2.99. The second kappa shape index (κ2) is 5.84. The van der Waals surface area contributed by atoms with Crippen molar-refractivity contribution in [3.63, 3.8) is 0 Å². The number of hydrogen-bond donors (Lipinski definition) is 0. The van der Waals surface area contributed by atoms with Crippen LogP contribution in [0.4, 0.5) is 13.2 Å². The third-order valence-electron chi connectivity index (χ3n) is 2.25. The van der Waals surface area contributed by atoms with Crippen LogP contribution in [0, 0.1) is 0 Å². The Morgan fingerprint density at radius 2 is 1.76 bits per heavy atom. The van der Waals surface area contributed by atoms with Crippen LogP contribution in [0.1, 0.15) is 5.56 Å². The summed E-state index contributed by atoms with van der Waals surface area (Å²) in [5.41, 5.74) is 0.652. The van der Waals surface area contributed by atoms with Crippen molar-refractivity contribution in [1.82, 2.24) is 0 Å². The molecule has 0 N–H and O–H groups in total. The van der Waals surface area contributed by atoms with E-state index >= 15 is 0 Å². The quantitative estimate of drug-likeness (QED) is 0.612. The van der Waals surface area contributed by atoms with Gasteiger partial charge in [0.25, 0.3) is 5.79 Å². The molecule has 0 aliphatic rings. The molecule has 0 aromatic heterocycles. The van der Waals surface area contributed by atoms with E-state index in [-0.39, 0.29) is 6.61 Å². The summed E-state index contributed by atoms with van der Waals surface area (Å²) in [6.45, 7) is -0.167. The van der Waals surface area contributed by atoms with Crippen LogP contribution in [0.3, 0.4) is 0 Å². The zero-order valence-electron chi connectivity index (χ0n) is 9.13. The summed E-state index contributed by atoms with van der Waals surface area (Å²) in [5.74, 6) is -2.61. The van der Waals surface area contributed by atoms with Crippen molar-refractivity contribution in [3.8, 4) is 0 Å². The smallest absolute Gasteiger partial charge is 0.345 e. The predicted molar refractivity (Wildman–Crippen MR) is 60.8 cm³/mol. The molecule has 0 saturated carbocycles. The lowest BCUT2D eigenvalue weighted by Gasteiger charge is -2.32. The highest BCUT2D eigenvalue weighted by molar-refractivity contribution is 9.09. The van der Waals surface area contributed by atoms with E-state index in [4.69, 9.17) is 4.74 Å². The van der Waals surface area contributed by atoms with Crippen LogP contribution < -0.4 is 0 Å². The molecule has 0 aliphatic carbocycles. The summed E-state index contributed by atoms with van der Waals surface area (Å²) >= 11 is 2.77. The van der Waals surface area contributed by atoms with E-state index in [0.717, 1.165) is 7.11 Å². The van der Waals surface area contributed by atoms with E-state index in [1.165, 1.54) is 0 Å². The first-order chi connectivity index (χ1) is 7.95. The average Bonchev–Trinajstić information content (AvgIpc) is 2.30. The van der Waals surface area contributed by atoms with E-state index in [2.05, 4.69) is 20.7 Å². The van der Waals surface area contributed by atoms with E-state index in [1.807, 2.05) is 0 Å². The zero-order valence-corrected chi connectivity index (χ0v) is 10.7. The minimum Gasteiger partial charge on any atom is -0.345 e. The fourth-order valence-corrected chi connectivity index (χ4v) is 1.91. The van der Waals surface area contributed by atoms with E-state index < -0.39 is 17.3 Å². The van der Waals surface area contributed by atoms with E-state index in [9.17, 15) is 13.2 Å². The Kier molecular flexibility index (Phi) is 4.97. The van der Waals surface area contributed by atoms with E-state index in [1.54, 1.807) is 30.3 Å². The Balaban J connectivity index is 2.75. The van der Waals surface area contributed by atoms with Gasteiger partial charge in [0, 0.05) is 7.11 Å². The molecule has 0 bridgehead atoms. The molecular weight excluding hydrogens is 301 g/mol. The minimum absolute atomic E-state index is 0.167. The summed E-state index contributed by atoms with van der Waals surface area (Å²) in [6, 6.07) is 8.61. The molecular formula is C11H12BrF3O2. The highest BCUT2D eigenvalue weighted by Crippen LogP contribution is 2.36. The lowest BCUT2D eigenvalue weighted by molar-refractivity contribution is -0.365. The molecule has 0 saturated heterocycles. The molecule has 0 spiro atoms. The molecule has 0 fully saturated rings. The molecule has 2 nitrogen and oxygen atoms in total.